The predicted molar refractivity (Wildman–Crippen MR) is 134 cm³/mol. The van der Waals surface area contributed by atoms with Crippen molar-refractivity contribution in [3.63, 3.8) is 0 Å². The van der Waals surface area contributed by atoms with Crippen molar-refractivity contribution in [3.05, 3.63) is 59.7 Å². The Labute approximate surface area is 206 Å². The van der Waals surface area contributed by atoms with Crippen molar-refractivity contribution in [2.75, 3.05) is 27.2 Å². The molecule has 0 aromatic heterocycles. The zero-order valence-corrected chi connectivity index (χ0v) is 20.8. The van der Waals surface area contributed by atoms with Crippen LogP contribution in [0.5, 0.6) is 0 Å². The van der Waals surface area contributed by atoms with Crippen LogP contribution >= 0.6 is 0 Å². The first kappa shape index (κ1) is 26.2. The van der Waals surface area contributed by atoms with E-state index in [1.165, 1.54) is 0 Å². The predicted octanol–water partition coefficient (Wildman–Crippen LogP) is 3.46. The topological polar surface area (TPSA) is 108 Å². The fraction of sp³-hybridized carbons (Fsp3) is 0.444. The normalized spacial score (nSPS) is 15.0. The van der Waals surface area contributed by atoms with Crippen LogP contribution in [0, 0.1) is 5.92 Å². The summed E-state index contributed by atoms with van der Waals surface area (Å²) in [6.45, 7) is 4.30. The molecule has 2 aromatic carbocycles. The third kappa shape index (κ3) is 6.39. The Morgan fingerprint density at radius 3 is 2.09 bits per heavy atom. The van der Waals surface area contributed by atoms with Crippen LogP contribution in [-0.2, 0) is 14.3 Å². The van der Waals surface area contributed by atoms with Gasteiger partial charge in [0.05, 0.1) is 0 Å². The molecular weight excluding hydrogens is 446 g/mol. The highest BCUT2D eigenvalue weighted by molar-refractivity contribution is 5.89. The highest BCUT2D eigenvalue weighted by Gasteiger charge is 2.31. The Kier molecular flexibility index (Phi) is 8.87. The lowest BCUT2D eigenvalue weighted by atomic mass is 9.98. The summed E-state index contributed by atoms with van der Waals surface area (Å²) in [7, 11) is 3.73. The number of carboxylic acids is 1. The zero-order chi connectivity index (χ0) is 25.5. The molecule has 35 heavy (non-hydrogen) atoms. The number of carboxylic acid groups (broad SMARTS) is 1. The van der Waals surface area contributed by atoms with Crippen LogP contribution in [0.15, 0.2) is 48.5 Å². The molecule has 188 valence electrons. The highest BCUT2D eigenvalue weighted by atomic mass is 16.5. The van der Waals surface area contributed by atoms with Gasteiger partial charge < -0.3 is 25.4 Å². The average molecular weight is 482 g/mol. The van der Waals surface area contributed by atoms with E-state index in [9.17, 15) is 19.5 Å². The number of alkyl carbamates (subject to hydrolysis) is 1. The van der Waals surface area contributed by atoms with Gasteiger partial charge in [-0.05, 0) is 55.2 Å². The van der Waals surface area contributed by atoms with E-state index in [-0.39, 0.29) is 18.4 Å². The second-order valence-corrected chi connectivity index (χ2v) is 9.32. The number of aliphatic carboxylic acids is 1. The third-order valence-electron chi connectivity index (χ3n) is 6.59. The Hall–Kier alpha value is -3.39. The monoisotopic (exact) mass is 481 g/mol. The molecule has 3 rings (SSSR count). The summed E-state index contributed by atoms with van der Waals surface area (Å²) in [5.41, 5.74) is 4.46. The number of benzene rings is 2. The molecule has 2 amide bonds. The van der Waals surface area contributed by atoms with Crippen LogP contribution in [0.1, 0.15) is 43.7 Å². The minimum Gasteiger partial charge on any atom is -0.480 e. The van der Waals surface area contributed by atoms with Crippen molar-refractivity contribution in [2.24, 2.45) is 5.92 Å². The lowest BCUT2D eigenvalue weighted by molar-refractivity contribution is -0.143. The SMILES string of the molecule is CC[C@H](C)[C@H](NC(=O)C(CCN(C)C)NC(=O)OCC1c2ccccc2-c2ccccc21)C(=O)O. The molecule has 1 aliphatic rings. The molecular formula is C27H35N3O5. The molecule has 0 saturated carbocycles. The molecule has 0 saturated heterocycles. The van der Waals surface area contributed by atoms with E-state index in [0.717, 1.165) is 22.3 Å². The first-order valence-electron chi connectivity index (χ1n) is 12.0. The van der Waals surface area contributed by atoms with Crippen molar-refractivity contribution < 1.29 is 24.2 Å². The van der Waals surface area contributed by atoms with E-state index in [2.05, 4.69) is 22.8 Å². The quantitative estimate of drug-likeness (QED) is 0.454. The molecule has 0 bridgehead atoms. The van der Waals surface area contributed by atoms with E-state index in [4.69, 9.17) is 4.74 Å². The summed E-state index contributed by atoms with van der Waals surface area (Å²) >= 11 is 0. The van der Waals surface area contributed by atoms with Gasteiger partial charge in [-0.25, -0.2) is 9.59 Å². The summed E-state index contributed by atoms with van der Waals surface area (Å²) in [6, 6.07) is 14.2. The fourth-order valence-corrected chi connectivity index (χ4v) is 4.38. The summed E-state index contributed by atoms with van der Waals surface area (Å²) in [6.07, 6.45) is 0.205. The number of nitrogens with zero attached hydrogens (tertiary/aromatic N) is 1. The molecule has 0 radical (unpaired) electrons. The molecule has 0 heterocycles. The lowest BCUT2D eigenvalue weighted by Crippen LogP contribution is -2.54. The molecule has 1 aliphatic carbocycles. The lowest BCUT2D eigenvalue weighted by Gasteiger charge is -2.25. The number of fused-ring (bicyclic) bond motifs is 3. The van der Waals surface area contributed by atoms with Gasteiger partial charge in [0.15, 0.2) is 0 Å². The van der Waals surface area contributed by atoms with Gasteiger partial charge in [0.25, 0.3) is 0 Å². The Bertz CT molecular complexity index is 1010. The Morgan fingerprint density at radius 1 is 1.00 bits per heavy atom. The molecule has 0 fully saturated rings. The van der Waals surface area contributed by atoms with Gasteiger partial charge in [0, 0.05) is 5.92 Å². The summed E-state index contributed by atoms with van der Waals surface area (Å²) in [4.78, 5) is 39.3. The standard InChI is InChI=1S/C27H35N3O5/c1-5-17(2)24(26(32)33)29-25(31)23(14-15-30(3)4)28-27(34)35-16-22-20-12-8-6-10-18(20)19-11-7-9-13-21(19)22/h6-13,17,22-24H,5,14-16H2,1-4H3,(H,28,34)(H,29,31)(H,32,33)/t17-,23?,24-/m0/s1. The van der Waals surface area contributed by atoms with Crippen molar-refractivity contribution in [2.45, 2.75) is 44.7 Å². The molecule has 0 aliphatic heterocycles. The number of ether oxygens (including phenoxy) is 1. The summed E-state index contributed by atoms with van der Waals surface area (Å²) < 4.78 is 5.59. The van der Waals surface area contributed by atoms with Gasteiger partial charge in [-0.15, -0.1) is 0 Å². The van der Waals surface area contributed by atoms with Crippen LogP contribution in [0.25, 0.3) is 11.1 Å². The van der Waals surface area contributed by atoms with Gasteiger partial charge in [-0.3, -0.25) is 4.79 Å². The van der Waals surface area contributed by atoms with Gasteiger partial charge in [-0.1, -0.05) is 68.8 Å². The Morgan fingerprint density at radius 2 is 1.57 bits per heavy atom. The number of carbonyl (C=O) groups is 3. The number of hydrogen-bond acceptors (Lipinski definition) is 5. The number of nitrogens with one attached hydrogen (secondary N) is 2. The van der Waals surface area contributed by atoms with Crippen molar-refractivity contribution in [1.29, 1.82) is 0 Å². The average Bonchev–Trinajstić information content (AvgIpc) is 3.16. The van der Waals surface area contributed by atoms with Crippen molar-refractivity contribution in [3.8, 4) is 11.1 Å². The molecule has 3 N–H and O–H groups in total. The van der Waals surface area contributed by atoms with Crippen LogP contribution < -0.4 is 10.6 Å². The molecule has 0 spiro atoms. The summed E-state index contributed by atoms with van der Waals surface area (Å²) in [5.74, 6) is -1.97. The van der Waals surface area contributed by atoms with Crippen molar-refractivity contribution >= 4 is 18.0 Å². The van der Waals surface area contributed by atoms with Gasteiger partial charge in [-0.2, -0.15) is 0 Å². The van der Waals surface area contributed by atoms with Crippen LogP contribution in [0.2, 0.25) is 0 Å². The number of amides is 2. The molecule has 2 aromatic rings. The molecule has 8 nitrogen and oxygen atoms in total. The fourth-order valence-electron chi connectivity index (χ4n) is 4.38. The van der Waals surface area contributed by atoms with Gasteiger partial charge in [0.1, 0.15) is 18.7 Å². The van der Waals surface area contributed by atoms with E-state index in [1.807, 2.05) is 62.3 Å². The zero-order valence-electron chi connectivity index (χ0n) is 20.8. The maximum atomic E-state index is 13.0. The minimum absolute atomic E-state index is 0.0935. The maximum absolute atomic E-state index is 13.0. The van der Waals surface area contributed by atoms with Gasteiger partial charge in [0.2, 0.25) is 5.91 Å². The highest BCUT2D eigenvalue weighted by Crippen LogP contribution is 2.44. The number of carbonyl (C=O) groups excluding carboxylic acids is 2. The first-order chi connectivity index (χ1) is 16.7. The smallest absolute Gasteiger partial charge is 0.407 e. The molecule has 8 heteroatoms. The third-order valence-corrected chi connectivity index (χ3v) is 6.59. The minimum atomic E-state index is -1.10. The largest absolute Gasteiger partial charge is 0.480 e. The van der Waals surface area contributed by atoms with E-state index in [1.54, 1.807) is 6.92 Å². The first-order valence-corrected chi connectivity index (χ1v) is 12.0. The summed E-state index contributed by atoms with van der Waals surface area (Å²) in [5, 5.41) is 14.8. The van der Waals surface area contributed by atoms with Crippen LogP contribution in [0.4, 0.5) is 4.79 Å². The molecule has 1 unspecified atom stereocenters. The van der Waals surface area contributed by atoms with E-state index >= 15 is 0 Å². The van der Waals surface area contributed by atoms with Gasteiger partial charge >= 0.3 is 12.1 Å². The second kappa shape index (κ2) is 11.8. The number of rotatable bonds is 11. The Balaban J connectivity index is 1.68. The van der Waals surface area contributed by atoms with E-state index < -0.39 is 30.1 Å². The van der Waals surface area contributed by atoms with E-state index in [0.29, 0.717) is 19.4 Å². The van der Waals surface area contributed by atoms with Crippen LogP contribution in [-0.4, -0.2) is 67.3 Å². The maximum Gasteiger partial charge on any atom is 0.407 e. The number of hydrogen-bond donors (Lipinski definition) is 3. The molecule has 3 atom stereocenters. The van der Waals surface area contributed by atoms with Crippen LogP contribution in [0.3, 0.4) is 0 Å². The second-order valence-electron chi connectivity index (χ2n) is 9.32. The van der Waals surface area contributed by atoms with Crippen molar-refractivity contribution in [1.82, 2.24) is 15.5 Å².